The van der Waals surface area contributed by atoms with Gasteiger partial charge in [0.25, 0.3) is 0 Å². The highest BCUT2D eigenvalue weighted by Gasteiger charge is 2.54. The van der Waals surface area contributed by atoms with Gasteiger partial charge in [-0.3, -0.25) is 4.79 Å². The van der Waals surface area contributed by atoms with Crippen LogP contribution < -0.4 is 10.6 Å². The number of benzene rings is 1. The number of aliphatic hydroxyl groups is 4. The molecule has 0 radical (unpaired) electrons. The molecule has 0 unspecified atom stereocenters. The summed E-state index contributed by atoms with van der Waals surface area (Å²) < 4.78 is 9.69. The van der Waals surface area contributed by atoms with Crippen LogP contribution in [0.25, 0.3) is 0 Å². The van der Waals surface area contributed by atoms with Crippen molar-refractivity contribution < 1.29 is 39.5 Å². The fourth-order valence-electron chi connectivity index (χ4n) is 2.59. The number of hydrogen-bond acceptors (Lipinski definition) is 8. The highest BCUT2D eigenvalue weighted by Crippen LogP contribution is 2.29. The van der Waals surface area contributed by atoms with Crippen LogP contribution in [0.15, 0.2) is 24.3 Å². The average Bonchev–Trinajstić information content (AvgIpc) is 2.85. The summed E-state index contributed by atoms with van der Waals surface area (Å²) in [5, 5.41) is 45.0. The van der Waals surface area contributed by atoms with Gasteiger partial charge in [0.2, 0.25) is 0 Å². The minimum atomic E-state index is -2.47. The first kappa shape index (κ1) is 21.4. The first-order valence-electron chi connectivity index (χ1n) is 8.08. The Morgan fingerprint density at radius 2 is 1.85 bits per heavy atom. The van der Waals surface area contributed by atoms with Gasteiger partial charge in [-0.05, 0) is 31.2 Å². The summed E-state index contributed by atoms with van der Waals surface area (Å²) in [7, 11) is 0. The molecule has 11 heteroatoms. The Balaban J connectivity index is 2.17. The number of esters is 1. The normalized spacial score (nSPS) is 26.9. The van der Waals surface area contributed by atoms with Crippen molar-refractivity contribution in [1.29, 1.82) is 0 Å². The second-order valence-electron chi connectivity index (χ2n) is 5.92. The van der Waals surface area contributed by atoms with Crippen LogP contribution in [0.2, 0.25) is 5.02 Å². The lowest BCUT2D eigenvalue weighted by Crippen LogP contribution is -2.62. The molecule has 0 bridgehead atoms. The molecule has 1 heterocycles. The molecule has 1 aromatic rings. The van der Waals surface area contributed by atoms with E-state index < -0.39 is 48.7 Å². The number of halogens is 1. The molecule has 1 saturated heterocycles. The highest BCUT2D eigenvalue weighted by atomic mass is 35.5. The third-order valence-electron chi connectivity index (χ3n) is 3.86. The minimum absolute atomic E-state index is 0.0191. The maximum Gasteiger partial charge on any atom is 0.321 e. The molecule has 6 N–H and O–H groups in total. The van der Waals surface area contributed by atoms with Gasteiger partial charge in [0, 0.05) is 10.7 Å². The second kappa shape index (κ2) is 8.83. The summed E-state index contributed by atoms with van der Waals surface area (Å²) in [5.74, 6) is -0.890. The van der Waals surface area contributed by atoms with Crippen molar-refractivity contribution in [3.8, 4) is 0 Å². The summed E-state index contributed by atoms with van der Waals surface area (Å²) in [4.78, 5) is 24.1. The molecule has 0 saturated carbocycles. The lowest BCUT2D eigenvalue weighted by molar-refractivity contribution is -0.190. The maximum absolute atomic E-state index is 12.2. The molecule has 0 aromatic heterocycles. The van der Waals surface area contributed by atoms with Crippen molar-refractivity contribution in [3.05, 3.63) is 29.3 Å². The van der Waals surface area contributed by atoms with Crippen molar-refractivity contribution in [2.45, 2.75) is 43.7 Å². The number of nitrogens with one attached hydrogen (secondary N) is 2. The van der Waals surface area contributed by atoms with E-state index >= 15 is 0 Å². The van der Waals surface area contributed by atoms with E-state index in [4.69, 9.17) is 21.1 Å². The first-order valence-corrected chi connectivity index (χ1v) is 8.46. The molecule has 0 aliphatic carbocycles. The summed E-state index contributed by atoms with van der Waals surface area (Å²) in [6.45, 7) is 1.57. The number of hydrogen-bond donors (Lipinski definition) is 6. The summed E-state index contributed by atoms with van der Waals surface area (Å²) >= 11 is 5.76. The number of amides is 2. The zero-order valence-corrected chi connectivity index (χ0v) is 15.1. The van der Waals surface area contributed by atoms with Crippen LogP contribution in [-0.2, 0) is 14.3 Å². The minimum Gasteiger partial charge on any atom is -0.466 e. The third kappa shape index (κ3) is 5.28. The largest absolute Gasteiger partial charge is 0.466 e. The molecule has 150 valence electrons. The van der Waals surface area contributed by atoms with E-state index in [0.717, 1.165) is 0 Å². The molecule has 1 aliphatic heterocycles. The second-order valence-corrected chi connectivity index (χ2v) is 6.36. The van der Waals surface area contributed by atoms with Gasteiger partial charge in [0.15, 0.2) is 12.0 Å². The van der Waals surface area contributed by atoms with Crippen molar-refractivity contribution in [2.75, 3.05) is 11.9 Å². The van der Waals surface area contributed by atoms with Gasteiger partial charge in [-0.1, -0.05) is 11.6 Å². The zero-order valence-electron chi connectivity index (χ0n) is 14.3. The van der Waals surface area contributed by atoms with Crippen LogP contribution in [-0.4, -0.2) is 69.4 Å². The number of urea groups is 1. The van der Waals surface area contributed by atoms with Gasteiger partial charge in [0.1, 0.15) is 18.3 Å². The Labute approximate surface area is 159 Å². The van der Waals surface area contributed by atoms with Gasteiger partial charge >= 0.3 is 12.0 Å². The molecular formula is C16H21ClN2O8. The third-order valence-corrected chi connectivity index (χ3v) is 4.11. The Morgan fingerprint density at radius 3 is 2.37 bits per heavy atom. The van der Waals surface area contributed by atoms with E-state index in [9.17, 15) is 30.0 Å². The number of anilines is 1. The monoisotopic (exact) mass is 404 g/mol. The lowest BCUT2D eigenvalue weighted by Gasteiger charge is -2.34. The molecule has 10 nitrogen and oxygen atoms in total. The average molecular weight is 405 g/mol. The van der Waals surface area contributed by atoms with E-state index in [1.165, 1.54) is 24.3 Å². The van der Waals surface area contributed by atoms with Gasteiger partial charge < -0.3 is 40.5 Å². The van der Waals surface area contributed by atoms with Gasteiger partial charge in [-0.2, -0.15) is 0 Å². The molecule has 1 aliphatic rings. The summed E-state index contributed by atoms with van der Waals surface area (Å²) in [5.41, 5.74) is -2.14. The highest BCUT2D eigenvalue weighted by molar-refractivity contribution is 6.30. The van der Waals surface area contributed by atoms with E-state index in [2.05, 4.69) is 10.6 Å². The molecule has 2 amide bonds. The van der Waals surface area contributed by atoms with Crippen molar-refractivity contribution in [3.63, 3.8) is 0 Å². The molecule has 5 atom stereocenters. The zero-order chi connectivity index (χ0) is 20.2. The maximum atomic E-state index is 12.2. The van der Waals surface area contributed by atoms with Crippen molar-refractivity contribution in [2.24, 2.45) is 0 Å². The van der Waals surface area contributed by atoms with E-state index in [1.807, 2.05) is 0 Å². The summed E-state index contributed by atoms with van der Waals surface area (Å²) in [6.07, 6.45) is -7.79. The van der Waals surface area contributed by atoms with Crippen LogP contribution >= 0.6 is 11.6 Å². The van der Waals surface area contributed by atoms with E-state index in [1.54, 1.807) is 6.92 Å². The number of aliphatic hydroxyl groups excluding tert-OH is 3. The summed E-state index contributed by atoms with van der Waals surface area (Å²) in [6, 6.07) is 5.12. The Bertz CT molecular complexity index is 673. The Morgan fingerprint density at radius 1 is 1.22 bits per heavy atom. The fourth-order valence-corrected chi connectivity index (χ4v) is 2.72. The smallest absolute Gasteiger partial charge is 0.321 e. The van der Waals surface area contributed by atoms with Crippen LogP contribution in [0, 0.1) is 0 Å². The molecule has 1 fully saturated rings. The van der Waals surface area contributed by atoms with Gasteiger partial charge in [0.05, 0.1) is 13.0 Å². The fraction of sp³-hybridized carbons (Fsp3) is 0.500. The van der Waals surface area contributed by atoms with Gasteiger partial charge in [-0.25, -0.2) is 4.79 Å². The predicted octanol–water partition coefficient (Wildman–Crippen LogP) is -0.458. The van der Waals surface area contributed by atoms with Crippen LogP contribution in [0.1, 0.15) is 13.3 Å². The van der Waals surface area contributed by atoms with Crippen molar-refractivity contribution >= 4 is 29.3 Å². The van der Waals surface area contributed by atoms with Crippen LogP contribution in [0.4, 0.5) is 10.5 Å². The van der Waals surface area contributed by atoms with E-state index in [0.29, 0.717) is 10.7 Å². The molecule has 2 rings (SSSR count). The molecular weight excluding hydrogens is 384 g/mol. The van der Waals surface area contributed by atoms with Crippen molar-refractivity contribution in [1.82, 2.24) is 5.32 Å². The topological polar surface area (TPSA) is 158 Å². The quantitative estimate of drug-likeness (QED) is 0.274. The number of carbonyl (C=O) groups is 2. The molecule has 0 spiro atoms. The molecule has 1 aromatic carbocycles. The van der Waals surface area contributed by atoms with E-state index in [-0.39, 0.29) is 6.61 Å². The number of ether oxygens (including phenoxy) is 2. The standard InChI is InChI=1S/C16H21ClN2O8/c1-2-26-10(20)7-16(25,13-11(21)12(22)14(23)27-13)19-15(24)18-9-5-3-8(17)4-6-9/h3-6,11-14,21-23,25H,2,7H2,1H3,(H2,18,19,24)/t11-,12+,13+,14+,16-/m1/s1. The van der Waals surface area contributed by atoms with Gasteiger partial charge in [-0.15, -0.1) is 0 Å². The first-order chi connectivity index (χ1) is 12.7. The lowest BCUT2D eigenvalue weighted by atomic mass is 9.96. The Kier molecular flexibility index (Phi) is 6.98. The van der Waals surface area contributed by atoms with Crippen LogP contribution in [0.3, 0.4) is 0 Å². The predicted molar refractivity (Wildman–Crippen MR) is 92.7 cm³/mol. The number of carbonyl (C=O) groups excluding carboxylic acids is 2. The number of rotatable bonds is 6. The molecule has 27 heavy (non-hydrogen) atoms. The SMILES string of the molecule is CCOC(=O)C[C@](O)(NC(=O)Nc1ccc(Cl)cc1)[C@H]1O[C@H](O)[C@@H](O)[C@H]1O. The van der Waals surface area contributed by atoms with Crippen LogP contribution in [0.5, 0.6) is 0 Å². The Hall–Kier alpha value is -1.95.